The van der Waals surface area contributed by atoms with Crippen molar-refractivity contribution < 1.29 is 0 Å². The average molecular weight is 1220 g/mol. The Balaban J connectivity index is 0.909. The van der Waals surface area contributed by atoms with Crippen LogP contribution in [-0.2, 0) is 0 Å². The van der Waals surface area contributed by atoms with Crippen LogP contribution in [0.15, 0.2) is 328 Å². The third kappa shape index (κ3) is 7.43. The number of fused-ring (bicyclic) bond motifs is 21. The number of aromatic nitrogens is 8. The summed E-state index contributed by atoms with van der Waals surface area (Å²) < 4.78 is 14.9. The highest BCUT2D eigenvalue weighted by Gasteiger charge is 2.28. The molecule has 0 aliphatic carbocycles. The van der Waals surface area contributed by atoms with Crippen LogP contribution >= 0.6 is 0 Å². The van der Waals surface area contributed by atoms with Gasteiger partial charge in [0, 0.05) is 81.4 Å². The van der Waals surface area contributed by atoms with E-state index < -0.39 is 0 Å². The highest BCUT2D eigenvalue weighted by atomic mass is 15.1. The number of benzene rings is 13. The van der Waals surface area contributed by atoms with E-state index in [-0.39, 0.29) is 0 Å². The molecule has 0 unspecified atom stereocenters. The van der Waals surface area contributed by atoms with E-state index in [1.165, 1.54) is 43.1 Å². The molecule has 13 aromatic carbocycles. The molecule has 8 heteroatoms. The first kappa shape index (κ1) is 52.6. The summed E-state index contributed by atoms with van der Waals surface area (Å²) in [5, 5.41) is 14.0. The molecule has 0 fully saturated rings. The third-order valence-electron chi connectivity index (χ3n) is 20.2. The van der Waals surface area contributed by atoms with Crippen LogP contribution in [0.1, 0.15) is 0 Å². The Morgan fingerprint density at radius 3 is 0.885 bits per heavy atom. The monoisotopic (exact) mass is 1220 g/mol. The number of pyridine rings is 2. The molecule has 0 N–H and O–H groups in total. The summed E-state index contributed by atoms with van der Waals surface area (Å²) in [6.45, 7) is 0. The summed E-state index contributed by atoms with van der Waals surface area (Å²) in [5.41, 5.74) is 21.5. The fourth-order valence-electron chi connectivity index (χ4n) is 16.3. The van der Waals surface area contributed by atoms with Crippen molar-refractivity contribution in [1.82, 2.24) is 37.4 Å². The standard InChI is InChI=1S/C88H54N8/c1-4-24-55(25-5-1)71-36-22-44-81(89-71)95-75-40-18-12-30-61(75)65-48-50-79-83(85(65)95)69-34-14-20-42-77(69)91(79)58-52-59(54-60(53-58)94-74-39-17-11-33-64(74)68-47-46-67-63-32-10-16-38-73(63)93(87(67)88(68)94)57-28-8-3-9-29-57)92-78-43-21-15-35-70(78)84-80(92)51-49-66-62-31-13-19-41-76(62)96(86(66)84)82-45-23-37-72(90-82)56-26-6-2-7-27-56/h1-54H. The lowest BCUT2D eigenvalue weighted by molar-refractivity contribution is 1.08. The average Bonchev–Trinajstić information content (AvgIpc) is 1.55. The minimum atomic E-state index is 0.862. The molecule has 0 spiro atoms. The Bertz CT molecular complexity index is 6520. The molecule has 21 aromatic rings. The zero-order chi connectivity index (χ0) is 62.7. The van der Waals surface area contributed by atoms with E-state index in [0.29, 0.717) is 0 Å². The lowest BCUT2D eigenvalue weighted by Gasteiger charge is -2.18. The molecule has 0 saturated carbocycles. The summed E-state index contributed by atoms with van der Waals surface area (Å²) in [7, 11) is 0. The first-order chi connectivity index (χ1) is 47.7. The summed E-state index contributed by atoms with van der Waals surface area (Å²) >= 11 is 0. The van der Waals surface area contributed by atoms with Crippen LogP contribution in [-0.4, -0.2) is 37.4 Å². The molecule has 96 heavy (non-hydrogen) atoms. The van der Waals surface area contributed by atoms with Gasteiger partial charge in [0.25, 0.3) is 0 Å². The maximum absolute atomic E-state index is 5.49. The van der Waals surface area contributed by atoms with E-state index in [9.17, 15) is 0 Å². The normalized spacial score (nSPS) is 12.2. The number of para-hydroxylation sites is 7. The Morgan fingerprint density at radius 2 is 0.479 bits per heavy atom. The van der Waals surface area contributed by atoms with Crippen molar-refractivity contribution in [3.05, 3.63) is 328 Å². The van der Waals surface area contributed by atoms with E-state index in [4.69, 9.17) is 9.97 Å². The number of nitrogens with zero attached hydrogens (tertiary/aromatic N) is 8. The number of hydrogen-bond acceptors (Lipinski definition) is 2. The molecule has 21 rings (SSSR count). The third-order valence-corrected chi connectivity index (χ3v) is 20.2. The van der Waals surface area contributed by atoms with E-state index in [2.05, 4.69) is 355 Å². The van der Waals surface area contributed by atoms with Gasteiger partial charge < -0.3 is 18.3 Å². The zero-order valence-corrected chi connectivity index (χ0v) is 51.8. The first-order valence-electron chi connectivity index (χ1n) is 32.8. The van der Waals surface area contributed by atoms with Gasteiger partial charge in [-0.15, -0.1) is 0 Å². The second kappa shape index (κ2) is 20.2. The fraction of sp³-hybridized carbons (Fsp3) is 0. The van der Waals surface area contributed by atoms with E-state index >= 15 is 0 Å². The summed E-state index contributed by atoms with van der Waals surface area (Å²) in [6.07, 6.45) is 0. The molecule has 0 atom stereocenters. The summed E-state index contributed by atoms with van der Waals surface area (Å²) in [5.74, 6) is 1.72. The second-order valence-electron chi connectivity index (χ2n) is 25.2. The van der Waals surface area contributed by atoms with Crippen molar-refractivity contribution in [3.63, 3.8) is 0 Å². The van der Waals surface area contributed by atoms with Crippen LogP contribution in [0.5, 0.6) is 0 Å². The van der Waals surface area contributed by atoms with Crippen molar-refractivity contribution >= 4 is 131 Å². The van der Waals surface area contributed by atoms with Crippen LogP contribution in [0.3, 0.4) is 0 Å². The van der Waals surface area contributed by atoms with Crippen LogP contribution in [0.4, 0.5) is 0 Å². The largest absolute Gasteiger partial charge is 0.309 e. The Hall–Kier alpha value is -13.0. The highest BCUT2D eigenvalue weighted by Crippen LogP contribution is 2.48. The van der Waals surface area contributed by atoms with Crippen molar-refractivity contribution in [3.8, 4) is 56.9 Å². The van der Waals surface area contributed by atoms with Gasteiger partial charge in [-0.25, -0.2) is 9.97 Å². The van der Waals surface area contributed by atoms with Crippen molar-refractivity contribution in [2.45, 2.75) is 0 Å². The topological polar surface area (TPSA) is 55.4 Å². The Labute approximate surface area is 549 Å². The summed E-state index contributed by atoms with van der Waals surface area (Å²) in [6, 6.07) is 120. The minimum absolute atomic E-state index is 0.862. The van der Waals surface area contributed by atoms with Gasteiger partial charge in [0.05, 0.1) is 94.7 Å². The maximum atomic E-state index is 5.49. The van der Waals surface area contributed by atoms with Crippen LogP contribution in [0, 0.1) is 0 Å². The molecule has 446 valence electrons. The molecule has 8 heterocycles. The minimum Gasteiger partial charge on any atom is -0.309 e. The van der Waals surface area contributed by atoms with Crippen molar-refractivity contribution in [1.29, 1.82) is 0 Å². The molecular weight excluding hydrogens is 1170 g/mol. The van der Waals surface area contributed by atoms with Crippen molar-refractivity contribution in [2.24, 2.45) is 0 Å². The fourth-order valence-corrected chi connectivity index (χ4v) is 16.3. The van der Waals surface area contributed by atoms with Crippen LogP contribution in [0.2, 0.25) is 0 Å². The van der Waals surface area contributed by atoms with E-state index in [0.717, 1.165) is 145 Å². The predicted octanol–water partition coefficient (Wildman–Crippen LogP) is 22.4. The lowest BCUT2D eigenvalue weighted by atomic mass is 10.1. The Morgan fingerprint density at radius 1 is 0.177 bits per heavy atom. The summed E-state index contributed by atoms with van der Waals surface area (Å²) in [4.78, 5) is 11.0. The van der Waals surface area contributed by atoms with Crippen LogP contribution in [0.25, 0.3) is 188 Å². The van der Waals surface area contributed by atoms with Gasteiger partial charge in [-0.3, -0.25) is 9.13 Å². The molecule has 0 amide bonds. The maximum Gasteiger partial charge on any atom is 0.138 e. The molecule has 8 nitrogen and oxygen atoms in total. The molecule has 0 aliphatic rings. The smallest absolute Gasteiger partial charge is 0.138 e. The van der Waals surface area contributed by atoms with Gasteiger partial charge in [-0.2, -0.15) is 0 Å². The van der Waals surface area contributed by atoms with Gasteiger partial charge in [-0.05, 0) is 103 Å². The van der Waals surface area contributed by atoms with Crippen molar-refractivity contribution in [2.75, 3.05) is 0 Å². The predicted molar refractivity (Wildman–Crippen MR) is 399 cm³/mol. The van der Waals surface area contributed by atoms with Gasteiger partial charge in [0.15, 0.2) is 0 Å². The molecular formula is C88H54N8. The van der Waals surface area contributed by atoms with Gasteiger partial charge in [0.2, 0.25) is 0 Å². The second-order valence-corrected chi connectivity index (χ2v) is 25.2. The molecule has 8 aromatic heterocycles. The highest BCUT2D eigenvalue weighted by molar-refractivity contribution is 6.29. The SMILES string of the molecule is c1ccc(-c2cccc(-n3c4ccccc4c4ccc5c(c6ccccc6n5-c5cc(-n6c7ccccc7c7c6ccc6c8ccccc8n(-c8cccc(-c9ccccc9)n8)c67)cc(-n6c7ccccc7c7ccc8c9ccccc9n(-c9ccccc9)c8c76)c5)c43)n2)cc1. The van der Waals surface area contributed by atoms with E-state index in [1.54, 1.807) is 0 Å². The molecule has 0 bridgehead atoms. The molecule has 0 saturated heterocycles. The van der Waals surface area contributed by atoms with Gasteiger partial charge >= 0.3 is 0 Å². The Kier molecular flexibility index (Phi) is 11.1. The zero-order valence-electron chi connectivity index (χ0n) is 51.8. The lowest BCUT2D eigenvalue weighted by Crippen LogP contribution is -2.04. The quantitative estimate of drug-likeness (QED) is 0.152. The number of rotatable bonds is 8. The van der Waals surface area contributed by atoms with Gasteiger partial charge in [-0.1, -0.05) is 224 Å². The number of hydrogen-bond donors (Lipinski definition) is 0. The first-order valence-corrected chi connectivity index (χ1v) is 32.8. The van der Waals surface area contributed by atoms with Gasteiger partial charge in [0.1, 0.15) is 11.6 Å². The van der Waals surface area contributed by atoms with E-state index in [1.807, 2.05) is 0 Å². The molecule has 0 radical (unpaired) electrons. The van der Waals surface area contributed by atoms with Crippen LogP contribution < -0.4 is 0 Å². The molecule has 0 aliphatic heterocycles.